The number of rotatable bonds is 13. The molecular formula is C34H32N4O7S. The van der Waals surface area contributed by atoms with Gasteiger partial charge in [-0.3, -0.25) is 19.2 Å². The number of ether oxygens (including phenoxy) is 3. The van der Waals surface area contributed by atoms with Crippen LogP contribution >= 0.6 is 11.8 Å². The van der Waals surface area contributed by atoms with Crippen molar-refractivity contribution in [3.05, 3.63) is 113 Å². The summed E-state index contributed by atoms with van der Waals surface area (Å²) in [5.74, 6) is -0.722. The largest absolute Gasteiger partial charge is 0.496 e. The van der Waals surface area contributed by atoms with Gasteiger partial charge in [0.25, 0.3) is 17.7 Å². The molecule has 4 aromatic carbocycles. The first-order valence-electron chi connectivity index (χ1n) is 13.8. The highest BCUT2D eigenvalue weighted by molar-refractivity contribution is 8.00. The molecule has 0 aliphatic rings. The van der Waals surface area contributed by atoms with E-state index in [1.165, 1.54) is 45.2 Å². The Kier molecular flexibility index (Phi) is 11.4. The lowest BCUT2D eigenvalue weighted by Crippen LogP contribution is -2.30. The van der Waals surface area contributed by atoms with E-state index in [4.69, 9.17) is 19.9 Å². The molecule has 0 bridgehead atoms. The number of carbonyl (C=O) groups is 4. The van der Waals surface area contributed by atoms with Gasteiger partial charge in [0.1, 0.15) is 11.4 Å². The van der Waals surface area contributed by atoms with Crippen LogP contribution in [0.15, 0.2) is 102 Å². The summed E-state index contributed by atoms with van der Waals surface area (Å²) in [7, 11) is 4.46. The molecule has 4 rings (SSSR count). The highest BCUT2D eigenvalue weighted by Gasteiger charge is 2.18. The van der Waals surface area contributed by atoms with Crippen molar-refractivity contribution in [1.82, 2.24) is 5.32 Å². The minimum absolute atomic E-state index is 0.0502. The molecule has 0 aliphatic carbocycles. The number of anilines is 2. The second-order valence-corrected chi connectivity index (χ2v) is 10.6. The molecule has 0 radical (unpaired) electrons. The van der Waals surface area contributed by atoms with Gasteiger partial charge in [-0.1, -0.05) is 30.3 Å². The van der Waals surface area contributed by atoms with Crippen LogP contribution in [0.2, 0.25) is 0 Å². The van der Waals surface area contributed by atoms with E-state index in [2.05, 4.69) is 16.0 Å². The summed E-state index contributed by atoms with van der Waals surface area (Å²) in [6.45, 7) is 0. The van der Waals surface area contributed by atoms with Crippen LogP contribution < -0.4 is 35.9 Å². The van der Waals surface area contributed by atoms with Gasteiger partial charge >= 0.3 is 0 Å². The van der Waals surface area contributed by atoms with E-state index in [-0.39, 0.29) is 22.9 Å². The summed E-state index contributed by atoms with van der Waals surface area (Å²) in [6.07, 6.45) is 1.48. The molecule has 4 amide bonds. The molecule has 0 aliphatic heterocycles. The molecule has 0 spiro atoms. The standard InChI is InChI=1S/C34H32N4O7S/c1-43-28-19-30(45-3)29(44-2)18-22(28)17-27(38-33(41)21-9-5-4-6-10-21)34(42)36-23-13-15-24(16-14-23)46-20-31(39)37-26-12-8-7-11-25(26)32(35)40/h4-19H,20H2,1-3H3,(H2,35,40)(H,36,42)(H,37,39)(H,38,41)/b27-17-. The summed E-state index contributed by atoms with van der Waals surface area (Å²) >= 11 is 1.27. The molecule has 0 unspecified atom stereocenters. The summed E-state index contributed by atoms with van der Waals surface area (Å²) < 4.78 is 16.3. The fourth-order valence-corrected chi connectivity index (χ4v) is 4.94. The van der Waals surface area contributed by atoms with Crippen LogP contribution in [0.4, 0.5) is 11.4 Å². The van der Waals surface area contributed by atoms with Crippen LogP contribution in [-0.2, 0) is 9.59 Å². The van der Waals surface area contributed by atoms with E-state index in [0.29, 0.717) is 39.8 Å². The Hall–Kier alpha value is -5.75. The number of carbonyl (C=O) groups excluding carboxylic acids is 4. The Balaban J connectivity index is 1.50. The number of primary amides is 1. The average Bonchev–Trinajstić information content (AvgIpc) is 3.07. The Labute approximate surface area is 270 Å². The van der Waals surface area contributed by atoms with Gasteiger partial charge in [-0.25, -0.2) is 0 Å². The number of nitrogens with one attached hydrogen (secondary N) is 3. The quantitative estimate of drug-likeness (QED) is 0.118. The highest BCUT2D eigenvalue weighted by Crippen LogP contribution is 2.35. The second kappa shape index (κ2) is 15.8. The lowest BCUT2D eigenvalue weighted by molar-refractivity contribution is -0.114. The molecule has 0 saturated carbocycles. The molecule has 46 heavy (non-hydrogen) atoms. The van der Waals surface area contributed by atoms with Gasteiger partial charge in [0.15, 0.2) is 11.5 Å². The topological polar surface area (TPSA) is 158 Å². The minimum atomic E-state index is -0.637. The molecule has 0 atom stereocenters. The molecule has 236 valence electrons. The van der Waals surface area contributed by atoms with Crippen molar-refractivity contribution in [3.63, 3.8) is 0 Å². The monoisotopic (exact) mass is 640 g/mol. The first-order chi connectivity index (χ1) is 22.2. The molecule has 5 N–H and O–H groups in total. The average molecular weight is 641 g/mol. The summed E-state index contributed by atoms with van der Waals surface area (Å²) in [4.78, 5) is 51.5. The van der Waals surface area contributed by atoms with E-state index in [0.717, 1.165) is 4.90 Å². The molecule has 0 heterocycles. The Morgan fingerprint density at radius 3 is 2.04 bits per heavy atom. The number of thioether (sulfide) groups is 1. The molecule has 12 heteroatoms. The van der Waals surface area contributed by atoms with E-state index < -0.39 is 17.7 Å². The third-order valence-electron chi connectivity index (χ3n) is 6.51. The number of hydrogen-bond acceptors (Lipinski definition) is 8. The Morgan fingerprint density at radius 2 is 1.39 bits per heavy atom. The zero-order valence-electron chi connectivity index (χ0n) is 25.3. The molecule has 0 aromatic heterocycles. The van der Waals surface area contributed by atoms with Crippen LogP contribution in [0.1, 0.15) is 26.3 Å². The molecule has 0 fully saturated rings. The van der Waals surface area contributed by atoms with Crippen molar-refractivity contribution >= 4 is 52.8 Å². The third-order valence-corrected chi connectivity index (χ3v) is 7.53. The Morgan fingerprint density at radius 1 is 0.761 bits per heavy atom. The van der Waals surface area contributed by atoms with Crippen LogP contribution in [0.25, 0.3) is 6.08 Å². The van der Waals surface area contributed by atoms with Crippen LogP contribution in [0, 0.1) is 0 Å². The van der Waals surface area contributed by atoms with Crippen molar-refractivity contribution < 1.29 is 33.4 Å². The van der Waals surface area contributed by atoms with Crippen LogP contribution in [0.5, 0.6) is 17.2 Å². The lowest BCUT2D eigenvalue weighted by atomic mass is 10.1. The van der Waals surface area contributed by atoms with Gasteiger partial charge in [0, 0.05) is 27.8 Å². The maximum Gasteiger partial charge on any atom is 0.272 e. The number of benzene rings is 4. The Bertz CT molecular complexity index is 1760. The van der Waals surface area contributed by atoms with E-state index in [1.54, 1.807) is 84.9 Å². The molecule has 11 nitrogen and oxygen atoms in total. The highest BCUT2D eigenvalue weighted by atomic mass is 32.2. The van der Waals surface area contributed by atoms with Gasteiger partial charge < -0.3 is 35.9 Å². The minimum Gasteiger partial charge on any atom is -0.496 e. The number of methoxy groups -OCH3 is 3. The number of nitrogens with two attached hydrogens (primary N) is 1. The number of para-hydroxylation sites is 1. The van der Waals surface area contributed by atoms with Crippen molar-refractivity contribution in [2.45, 2.75) is 4.90 Å². The van der Waals surface area contributed by atoms with Gasteiger partial charge in [0.05, 0.1) is 38.3 Å². The zero-order valence-corrected chi connectivity index (χ0v) is 26.1. The van der Waals surface area contributed by atoms with Crippen molar-refractivity contribution in [1.29, 1.82) is 0 Å². The zero-order chi connectivity index (χ0) is 33.1. The van der Waals surface area contributed by atoms with Crippen molar-refractivity contribution in [3.8, 4) is 17.2 Å². The first-order valence-corrected chi connectivity index (χ1v) is 14.8. The van der Waals surface area contributed by atoms with E-state index in [1.807, 2.05) is 0 Å². The molecule has 0 saturated heterocycles. The van der Waals surface area contributed by atoms with Gasteiger partial charge in [0.2, 0.25) is 5.91 Å². The van der Waals surface area contributed by atoms with Gasteiger partial charge in [-0.15, -0.1) is 11.8 Å². The molecular weight excluding hydrogens is 608 g/mol. The second-order valence-electron chi connectivity index (χ2n) is 9.55. The summed E-state index contributed by atoms with van der Waals surface area (Å²) in [6, 6.07) is 25.1. The third kappa shape index (κ3) is 8.67. The number of amides is 4. The maximum atomic E-state index is 13.5. The maximum absolute atomic E-state index is 13.5. The molecule has 4 aromatic rings. The summed E-state index contributed by atoms with van der Waals surface area (Å²) in [5.41, 5.74) is 7.17. The number of hydrogen-bond donors (Lipinski definition) is 4. The predicted octanol–water partition coefficient (Wildman–Crippen LogP) is 4.95. The van der Waals surface area contributed by atoms with Crippen molar-refractivity contribution in [2.24, 2.45) is 5.73 Å². The fourth-order valence-electron chi connectivity index (χ4n) is 4.24. The van der Waals surface area contributed by atoms with Crippen molar-refractivity contribution in [2.75, 3.05) is 37.7 Å². The first kappa shape index (κ1) is 33.1. The van der Waals surface area contributed by atoms with E-state index in [9.17, 15) is 19.2 Å². The van der Waals surface area contributed by atoms with E-state index >= 15 is 0 Å². The van der Waals surface area contributed by atoms with Gasteiger partial charge in [-0.2, -0.15) is 0 Å². The fraction of sp³-hybridized carbons (Fsp3) is 0.118. The van der Waals surface area contributed by atoms with Crippen LogP contribution in [0.3, 0.4) is 0 Å². The SMILES string of the molecule is COc1cc(OC)c(OC)cc1/C=C(\NC(=O)c1ccccc1)C(=O)Nc1ccc(SCC(=O)Nc2ccccc2C(N)=O)cc1. The predicted molar refractivity (Wildman–Crippen MR) is 177 cm³/mol. The van der Waals surface area contributed by atoms with Crippen LogP contribution in [-0.4, -0.2) is 50.7 Å². The lowest BCUT2D eigenvalue weighted by Gasteiger charge is -2.15. The van der Waals surface area contributed by atoms with Gasteiger partial charge in [-0.05, 0) is 60.7 Å². The smallest absolute Gasteiger partial charge is 0.272 e. The normalized spacial score (nSPS) is 10.8. The summed E-state index contributed by atoms with van der Waals surface area (Å²) in [5, 5.41) is 8.20.